The third kappa shape index (κ3) is 3.00. The molecule has 1 heterocycles. The molecule has 0 saturated heterocycles. The van der Waals surface area contributed by atoms with Gasteiger partial charge in [0.2, 0.25) is 0 Å². The van der Waals surface area contributed by atoms with E-state index >= 15 is 0 Å². The zero-order chi connectivity index (χ0) is 15.6. The Hall–Kier alpha value is -2.08. The molecule has 21 heavy (non-hydrogen) atoms. The van der Waals surface area contributed by atoms with Crippen molar-refractivity contribution in [3.05, 3.63) is 47.3 Å². The molecule has 1 aromatic heterocycles. The third-order valence-electron chi connectivity index (χ3n) is 3.33. The minimum Gasteiger partial charge on any atom is -0.496 e. The smallest absolute Gasteiger partial charge is 0.186 e. The number of hydrogen-bond acceptors (Lipinski definition) is 5. The summed E-state index contributed by atoms with van der Waals surface area (Å²) in [5.74, 6) is 0.459. The molecular weight excluding hydrogens is 288 g/mol. The average molecular weight is 306 g/mol. The fraction of sp³-hybridized carbons (Fsp3) is 0.267. The minimum absolute atomic E-state index is 0.130. The quantitative estimate of drug-likeness (QED) is 0.876. The molecule has 0 fully saturated rings. The fourth-order valence-electron chi connectivity index (χ4n) is 2.24. The van der Waals surface area contributed by atoms with Crippen molar-refractivity contribution in [3.63, 3.8) is 0 Å². The zero-order valence-electron chi connectivity index (χ0n) is 12.3. The number of ether oxygens (including phenoxy) is 1. The first-order valence-corrected chi connectivity index (χ1v) is 8.08. The van der Waals surface area contributed by atoms with Crippen molar-refractivity contribution in [2.75, 3.05) is 12.8 Å². The Morgan fingerprint density at radius 3 is 2.52 bits per heavy atom. The van der Waals surface area contributed by atoms with Crippen LogP contribution in [0.15, 0.2) is 35.4 Å². The van der Waals surface area contributed by atoms with Gasteiger partial charge in [-0.05, 0) is 26.0 Å². The summed E-state index contributed by atoms with van der Waals surface area (Å²) in [7, 11) is -1.99. The van der Waals surface area contributed by atoms with Crippen molar-refractivity contribution in [2.45, 2.75) is 24.5 Å². The Balaban J connectivity index is 2.45. The van der Waals surface area contributed by atoms with E-state index in [1.54, 1.807) is 38.4 Å². The number of para-hydroxylation sites is 1. The van der Waals surface area contributed by atoms with E-state index < -0.39 is 9.84 Å². The lowest BCUT2D eigenvalue weighted by atomic mass is 10.1. The van der Waals surface area contributed by atoms with Gasteiger partial charge in [-0.3, -0.25) is 4.98 Å². The number of nitrogens with two attached hydrogens (primary N) is 1. The molecule has 2 rings (SSSR count). The van der Waals surface area contributed by atoms with Crippen molar-refractivity contribution in [1.82, 2.24) is 4.98 Å². The highest BCUT2D eigenvalue weighted by Gasteiger charge is 2.21. The molecule has 2 N–H and O–H groups in total. The Bertz CT molecular complexity index is 770. The van der Waals surface area contributed by atoms with Crippen LogP contribution in [0.2, 0.25) is 0 Å². The molecule has 0 radical (unpaired) electrons. The molecule has 1 aromatic carbocycles. The second-order valence-electron chi connectivity index (χ2n) is 4.84. The molecule has 5 nitrogen and oxygen atoms in total. The lowest BCUT2D eigenvalue weighted by Crippen LogP contribution is -2.11. The van der Waals surface area contributed by atoms with Crippen LogP contribution in [0.25, 0.3) is 0 Å². The number of rotatable bonds is 4. The van der Waals surface area contributed by atoms with Crippen LogP contribution < -0.4 is 10.5 Å². The maximum atomic E-state index is 12.5. The predicted octanol–water partition coefficient (Wildman–Crippen LogP) is 2.26. The molecule has 0 spiro atoms. The van der Waals surface area contributed by atoms with Gasteiger partial charge in [-0.15, -0.1) is 0 Å². The molecule has 0 aliphatic rings. The van der Waals surface area contributed by atoms with Crippen molar-refractivity contribution < 1.29 is 13.2 Å². The number of nitrogen functional groups attached to an aromatic ring is 1. The van der Waals surface area contributed by atoms with Gasteiger partial charge in [-0.25, -0.2) is 8.42 Å². The summed E-state index contributed by atoms with van der Waals surface area (Å²) in [4.78, 5) is 4.36. The molecule has 0 atom stereocenters. The van der Waals surface area contributed by atoms with Crippen molar-refractivity contribution in [1.29, 1.82) is 0 Å². The average Bonchev–Trinajstić information content (AvgIpc) is 2.43. The highest BCUT2D eigenvalue weighted by atomic mass is 32.2. The van der Waals surface area contributed by atoms with Crippen LogP contribution in [0.1, 0.15) is 16.8 Å². The summed E-state index contributed by atoms with van der Waals surface area (Å²) < 4.78 is 30.3. The SMILES string of the molecule is COc1c(C)cnc(CS(=O)(=O)c2ccccc2N)c1C. The van der Waals surface area contributed by atoms with Crippen molar-refractivity contribution in [3.8, 4) is 5.75 Å². The Kier molecular flexibility index (Phi) is 4.18. The van der Waals surface area contributed by atoms with E-state index in [-0.39, 0.29) is 16.3 Å². The lowest BCUT2D eigenvalue weighted by molar-refractivity contribution is 0.407. The number of pyridine rings is 1. The molecule has 0 aliphatic carbocycles. The predicted molar refractivity (Wildman–Crippen MR) is 82.0 cm³/mol. The zero-order valence-corrected chi connectivity index (χ0v) is 13.1. The van der Waals surface area contributed by atoms with E-state index in [9.17, 15) is 8.42 Å². The van der Waals surface area contributed by atoms with Crippen LogP contribution in [0.3, 0.4) is 0 Å². The van der Waals surface area contributed by atoms with Gasteiger partial charge in [0.1, 0.15) is 5.75 Å². The normalized spacial score (nSPS) is 11.4. The molecular formula is C15H18N2O3S. The first kappa shape index (κ1) is 15.3. The summed E-state index contributed by atoms with van der Waals surface area (Å²) in [6.45, 7) is 3.67. The van der Waals surface area contributed by atoms with Gasteiger partial charge in [0.15, 0.2) is 9.84 Å². The van der Waals surface area contributed by atoms with Crippen LogP contribution in [-0.4, -0.2) is 20.5 Å². The van der Waals surface area contributed by atoms with Crippen molar-refractivity contribution in [2.24, 2.45) is 0 Å². The molecule has 0 amide bonds. The summed E-state index contributed by atoms with van der Waals surface area (Å²) in [5, 5.41) is 0. The number of aromatic nitrogens is 1. The van der Waals surface area contributed by atoms with E-state index in [0.29, 0.717) is 11.4 Å². The molecule has 0 unspecified atom stereocenters. The Labute approximate surface area is 124 Å². The summed E-state index contributed by atoms with van der Waals surface area (Å²) in [6.07, 6.45) is 1.62. The van der Waals surface area contributed by atoms with E-state index in [2.05, 4.69) is 4.98 Å². The van der Waals surface area contributed by atoms with Gasteiger partial charge in [-0.1, -0.05) is 12.1 Å². The van der Waals surface area contributed by atoms with Gasteiger partial charge in [0.05, 0.1) is 29.1 Å². The van der Waals surface area contributed by atoms with Crippen LogP contribution in [0.4, 0.5) is 5.69 Å². The summed E-state index contributed by atoms with van der Waals surface area (Å²) in [5.41, 5.74) is 8.07. The second-order valence-corrected chi connectivity index (χ2v) is 6.80. The van der Waals surface area contributed by atoms with Crippen LogP contribution in [0, 0.1) is 13.8 Å². The first-order chi connectivity index (χ1) is 9.86. The number of aryl methyl sites for hydroxylation is 1. The third-order valence-corrected chi connectivity index (χ3v) is 5.03. The van der Waals surface area contributed by atoms with Crippen LogP contribution in [0.5, 0.6) is 5.75 Å². The lowest BCUT2D eigenvalue weighted by Gasteiger charge is -2.13. The first-order valence-electron chi connectivity index (χ1n) is 6.43. The number of hydrogen-bond donors (Lipinski definition) is 1. The molecule has 0 saturated carbocycles. The molecule has 0 aliphatic heterocycles. The Morgan fingerprint density at radius 1 is 1.24 bits per heavy atom. The number of anilines is 1. The molecule has 112 valence electrons. The number of sulfone groups is 1. The number of nitrogens with zero attached hydrogens (tertiary/aromatic N) is 1. The maximum absolute atomic E-state index is 12.5. The van der Waals surface area contributed by atoms with E-state index in [4.69, 9.17) is 10.5 Å². The van der Waals surface area contributed by atoms with Gasteiger partial charge < -0.3 is 10.5 Å². The van der Waals surface area contributed by atoms with E-state index in [1.165, 1.54) is 6.07 Å². The standard InChI is InChI=1S/C15H18N2O3S/c1-10-8-17-13(11(2)15(10)20-3)9-21(18,19)14-7-5-4-6-12(14)16/h4-8H,9,16H2,1-3H3. The molecule has 0 bridgehead atoms. The van der Waals surface area contributed by atoms with Gasteiger partial charge in [0, 0.05) is 17.3 Å². The fourth-order valence-corrected chi connectivity index (χ4v) is 3.76. The molecule has 2 aromatic rings. The second kappa shape index (κ2) is 5.73. The Morgan fingerprint density at radius 2 is 1.90 bits per heavy atom. The van der Waals surface area contributed by atoms with Crippen molar-refractivity contribution >= 4 is 15.5 Å². The highest BCUT2D eigenvalue weighted by Crippen LogP contribution is 2.28. The monoisotopic (exact) mass is 306 g/mol. The van der Waals surface area contributed by atoms with Crippen LogP contribution in [-0.2, 0) is 15.6 Å². The van der Waals surface area contributed by atoms with Gasteiger partial charge in [-0.2, -0.15) is 0 Å². The maximum Gasteiger partial charge on any atom is 0.186 e. The minimum atomic E-state index is -3.55. The summed E-state index contributed by atoms with van der Waals surface area (Å²) >= 11 is 0. The van der Waals surface area contributed by atoms with Gasteiger partial charge in [0.25, 0.3) is 0 Å². The van der Waals surface area contributed by atoms with Gasteiger partial charge >= 0.3 is 0 Å². The van der Waals surface area contributed by atoms with E-state index in [0.717, 1.165) is 11.1 Å². The topological polar surface area (TPSA) is 82.3 Å². The number of methoxy groups -OCH3 is 1. The largest absolute Gasteiger partial charge is 0.496 e. The van der Waals surface area contributed by atoms with E-state index in [1.807, 2.05) is 6.92 Å². The summed E-state index contributed by atoms with van der Waals surface area (Å²) in [6, 6.07) is 6.43. The highest BCUT2D eigenvalue weighted by molar-refractivity contribution is 7.90. The number of benzene rings is 1. The molecule has 6 heteroatoms. The van der Waals surface area contributed by atoms with Crippen LogP contribution >= 0.6 is 0 Å².